The molecule has 1 aliphatic heterocycles. The quantitative estimate of drug-likeness (QED) is 0.740. The molecule has 0 aromatic heterocycles. The van der Waals surface area contributed by atoms with Crippen molar-refractivity contribution in [1.82, 2.24) is 0 Å². The van der Waals surface area contributed by atoms with Crippen molar-refractivity contribution in [3.05, 3.63) is 17.2 Å². The maximum Gasteiger partial charge on any atom is 0.174 e. The van der Waals surface area contributed by atoms with Gasteiger partial charge in [0.25, 0.3) is 0 Å². The number of phenols is 1. The lowest BCUT2D eigenvalue weighted by Gasteiger charge is -2.08. The lowest BCUT2D eigenvalue weighted by Crippen LogP contribution is -1.93. The van der Waals surface area contributed by atoms with Gasteiger partial charge in [-0.2, -0.15) is 0 Å². The molecule has 0 amide bonds. The Balaban J connectivity index is 2.22. The first-order valence-electron chi connectivity index (χ1n) is 6.33. The summed E-state index contributed by atoms with van der Waals surface area (Å²) in [4.78, 5) is 0. The number of ether oxygens (including phenoxy) is 1. The van der Waals surface area contributed by atoms with E-state index in [9.17, 15) is 5.11 Å². The van der Waals surface area contributed by atoms with E-state index in [2.05, 4.69) is 13.8 Å². The Kier molecular flexibility index (Phi) is 3.37. The van der Waals surface area contributed by atoms with E-state index >= 15 is 0 Å². The van der Waals surface area contributed by atoms with E-state index in [0.717, 1.165) is 42.7 Å². The second kappa shape index (κ2) is 4.77. The minimum absolute atomic E-state index is 0.427. The van der Waals surface area contributed by atoms with Crippen LogP contribution in [-0.2, 0) is 12.8 Å². The summed E-state index contributed by atoms with van der Waals surface area (Å²) in [5, 5.41) is 9.95. The van der Waals surface area contributed by atoms with Crippen LogP contribution in [0.3, 0.4) is 0 Å². The van der Waals surface area contributed by atoms with Gasteiger partial charge >= 0.3 is 0 Å². The molecule has 16 heavy (non-hydrogen) atoms. The van der Waals surface area contributed by atoms with E-state index in [0.29, 0.717) is 5.75 Å². The molecular weight excluding hydrogens is 200 g/mol. The SMILES string of the molecule is CCCCc1c(O)cc2c(c1CCCC)O2. The molecule has 0 saturated heterocycles. The van der Waals surface area contributed by atoms with E-state index in [1.807, 2.05) is 0 Å². The van der Waals surface area contributed by atoms with Crippen molar-refractivity contribution in [1.29, 1.82) is 0 Å². The summed E-state index contributed by atoms with van der Waals surface area (Å²) < 4.78 is 5.41. The lowest BCUT2D eigenvalue weighted by molar-refractivity contribution is 0.466. The summed E-state index contributed by atoms with van der Waals surface area (Å²) in [7, 11) is 0. The highest BCUT2D eigenvalue weighted by atomic mass is 16.6. The van der Waals surface area contributed by atoms with Crippen LogP contribution in [0, 0.1) is 0 Å². The Bertz CT molecular complexity index is 374. The number of phenolic OH excluding ortho intramolecular Hbond substituents is 1. The van der Waals surface area contributed by atoms with Crippen LogP contribution in [0.5, 0.6) is 17.2 Å². The van der Waals surface area contributed by atoms with Gasteiger partial charge in [0.15, 0.2) is 11.5 Å². The first-order valence-corrected chi connectivity index (χ1v) is 6.33. The molecule has 0 unspecified atom stereocenters. The zero-order chi connectivity index (χ0) is 11.5. The standard InChI is InChI=1S/C14H20O2/c1-3-5-7-10-11(8-6-4-2)14-13(16-14)9-12(10)15/h9,15H,3-8H2,1-2H3. The predicted octanol–water partition coefficient (Wildman–Crippen LogP) is 4.18. The number of unbranched alkanes of at least 4 members (excludes halogenated alkanes) is 2. The smallest absolute Gasteiger partial charge is 0.174 e. The zero-order valence-electron chi connectivity index (χ0n) is 10.2. The molecule has 1 heterocycles. The van der Waals surface area contributed by atoms with Gasteiger partial charge in [0.1, 0.15) is 5.75 Å². The van der Waals surface area contributed by atoms with Gasteiger partial charge in [-0.15, -0.1) is 0 Å². The minimum Gasteiger partial charge on any atom is -0.508 e. The van der Waals surface area contributed by atoms with Crippen LogP contribution in [0.4, 0.5) is 0 Å². The molecule has 0 aliphatic carbocycles. The molecule has 1 aliphatic rings. The number of fused-ring (bicyclic) bond motifs is 1. The molecular formula is C14H20O2. The maximum atomic E-state index is 9.95. The molecule has 0 radical (unpaired) electrons. The number of aromatic hydroxyl groups is 1. The Labute approximate surface area is 97.3 Å². The highest BCUT2D eigenvalue weighted by Crippen LogP contribution is 2.53. The molecule has 1 N–H and O–H groups in total. The van der Waals surface area contributed by atoms with Crippen LogP contribution in [0.1, 0.15) is 50.7 Å². The van der Waals surface area contributed by atoms with Gasteiger partial charge in [-0.1, -0.05) is 26.7 Å². The first kappa shape index (κ1) is 11.3. The summed E-state index contributed by atoms with van der Waals surface area (Å²) in [6.45, 7) is 4.36. The summed E-state index contributed by atoms with van der Waals surface area (Å²) in [6, 6.07) is 1.76. The summed E-state index contributed by atoms with van der Waals surface area (Å²) >= 11 is 0. The number of benzene rings is 1. The average molecular weight is 220 g/mol. The van der Waals surface area contributed by atoms with Gasteiger partial charge in [-0.25, -0.2) is 0 Å². The van der Waals surface area contributed by atoms with Crippen LogP contribution in [0.25, 0.3) is 0 Å². The van der Waals surface area contributed by atoms with Gasteiger partial charge < -0.3 is 9.84 Å². The zero-order valence-corrected chi connectivity index (χ0v) is 10.2. The summed E-state index contributed by atoms with van der Waals surface area (Å²) in [5.74, 6) is 2.34. The van der Waals surface area contributed by atoms with Gasteiger partial charge in [0, 0.05) is 17.2 Å². The highest BCUT2D eigenvalue weighted by Gasteiger charge is 2.28. The Morgan fingerprint density at radius 2 is 1.69 bits per heavy atom. The van der Waals surface area contributed by atoms with Crippen LogP contribution in [-0.4, -0.2) is 5.11 Å². The average Bonchev–Trinajstić information content (AvgIpc) is 3.02. The van der Waals surface area contributed by atoms with Crippen LogP contribution < -0.4 is 4.74 Å². The second-order valence-corrected chi connectivity index (χ2v) is 4.49. The Hall–Kier alpha value is -1.18. The van der Waals surface area contributed by atoms with Gasteiger partial charge in [-0.05, 0) is 25.7 Å². The molecule has 0 saturated carbocycles. The molecule has 2 nitrogen and oxygen atoms in total. The van der Waals surface area contributed by atoms with Crippen molar-refractivity contribution in [2.75, 3.05) is 0 Å². The van der Waals surface area contributed by atoms with Crippen molar-refractivity contribution >= 4 is 0 Å². The fourth-order valence-corrected chi connectivity index (χ4v) is 2.14. The van der Waals surface area contributed by atoms with E-state index in [1.165, 1.54) is 18.4 Å². The third-order valence-electron chi connectivity index (χ3n) is 3.17. The number of hydrogen-bond acceptors (Lipinski definition) is 2. The van der Waals surface area contributed by atoms with Crippen molar-refractivity contribution in [2.45, 2.75) is 52.4 Å². The molecule has 0 bridgehead atoms. The van der Waals surface area contributed by atoms with Crippen LogP contribution in [0.2, 0.25) is 0 Å². The lowest BCUT2D eigenvalue weighted by atomic mass is 9.97. The molecule has 1 aromatic rings. The second-order valence-electron chi connectivity index (χ2n) is 4.49. The summed E-state index contributed by atoms with van der Waals surface area (Å²) in [6.07, 6.45) is 6.64. The highest BCUT2D eigenvalue weighted by molar-refractivity contribution is 5.66. The Morgan fingerprint density at radius 3 is 2.31 bits per heavy atom. The van der Waals surface area contributed by atoms with Gasteiger partial charge in [0.2, 0.25) is 0 Å². The van der Waals surface area contributed by atoms with E-state index in [1.54, 1.807) is 6.07 Å². The molecule has 0 spiro atoms. The van der Waals surface area contributed by atoms with Crippen molar-refractivity contribution in [3.8, 4) is 17.2 Å². The van der Waals surface area contributed by atoms with Crippen molar-refractivity contribution < 1.29 is 9.84 Å². The van der Waals surface area contributed by atoms with Crippen LogP contribution >= 0.6 is 0 Å². The molecule has 88 valence electrons. The summed E-state index contributed by atoms with van der Waals surface area (Å²) in [5.41, 5.74) is 2.37. The largest absolute Gasteiger partial charge is 0.508 e. The first-order chi connectivity index (χ1) is 7.77. The molecule has 2 rings (SSSR count). The van der Waals surface area contributed by atoms with Crippen molar-refractivity contribution in [3.63, 3.8) is 0 Å². The molecule has 2 heteroatoms. The number of rotatable bonds is 6. The normalized spacial score (nSPS) is 12.1. The minimum atomic E-state index is 0.427. The molecule has 1 aromatic carbocycles. The fourth-order valence-electron chi connectivity index (χ4n) is 2.14. The third-order valence-corrected chi connectivity index (χ3v) is 3.17. The monoisotopic (exact) mass is 220 g/mol. The maximum absolute atomic E-state index is 9.95. The van der Waals surface area contributed by atoms with E-state index < -0.39 is 0 Å². The van der Waals surface area contributed by atoms with Crippen molar-refractivity contribution in [2.24, 2.45) is 0 Å². The predicted molar refractivity (Wildman–Crippen MR) is 65.4 cm³/mol. The molecule has 0 atom stereocenters. The van der Waals surface area contributed by atoms with E-state index in [4.69, 9.17) is 4.74 Å². The third kappa shape index (κ3) is 2.16. The van der Waals surface area contributed by atoms with E-state index in [-0.39, 0.29) is 0 Å². The topological polar surface area (TPSA) is 32.8 Å². The molecule has 0 fully saturated rings. The van der Waals surface area contributed by atoms with Crippen LogP contribution in [0.15, 0.2) is 6.07 Å². The van der Waals surface area contributed by atoms with Gasteiger partial charge in [-0.3, -0.25) is 0 Å². The van der Waals surface area contributed by atoms with Gasteiger partial charge in [0.05, 0.1) is 0 Å². The fraction of sp³-hybridized carbons (Fsp3) is 0.571. The Morgan fingerprint density at radius 1 is 1.06 bits per heavy atom. The number of hydrogen-bond donors (Lipinski definition) is 1.